The molecule has 118 valence electrons. The molecule has 1 aromatic carbocycles. The normalized spacial score (nSPS) is 13.7. The van der Waals surface area contributed by atoms with E-state index in [1.54, 1.807) is 0 Å². The Morgan fingerprint density at radius 3 is 2.62 bits per heavy atom. The largest absolute Gasteiger partial charge is 0.486 e. The van der Waals surface area contributed by atoms with Gasteiger partial charge in [0.15, 0.2) is 17.8 Å². The molecule has 1 aliphatic rings. The Bertz CT molecular complexity index is 450. The minimum absolute atomic E-state index is 0.208. The van der Waals surface area contributed by atoms with Crippen molar-refractivity contribution in [2.75, 3.05) is 33.0 Å². The van der Waals surface area contributed by atoms with E-state index in [1.165, 1.54) is 0 Å². The minimum Gasteiger partial charge on any atom is -0.486 e. The van der Waals surface area contributed by atoms with Gasteiger partial charge in [0.05, 0.1) is 4.47 Å². The first-order valence-electron chi connectivity index (χ1n) is 7.26. The highest BCUT2D eigenvalue weighted by atomic mass is 79.9. The molecule has 1 aliphatic heterocycles. The zero-order valence-electron chi connectivity index (χ0n) is 12.5. The van der Waals surface area contributed by atoms with Gasteiger partial charge in [-0.25, -0.2) is 0 Å². The molecule has 0 fully saturated rings. The lowest BCUT2D eigenvalue weighted by Gasteiger charge is -2.21. The number of hydrogen-bond acceptors (Lipinski definition) is 5. The summed E-state index contributed by atoms with van der Waals surface area (Å²) in [5, 5.41) is 3.34. The molecule has 0 saturated carbocycles. The first-order valence-corrected chi connectivity index (χ1v) is 8.05. The lowest BCUT2D eigenvalue weighted by Crippen LogP contribution is -2.31. The first kappa shape index (κ1) is 16.5. The molecule has 5 nitrogen and oxygen atoms in total. The van der Waals surface area contributed by atoms with E-state index >= 15 is 0 Å². The summed E-state index contributed by atoms with van der Waals surface area (Å²) < 4.78 is 23.1. The Balaban J connectivity index is 1.89. The number of rotatable bonds is 8. The Kier molecular flexibility index (Phi) is 6.76. The molecule has 0 unspecified atom stereocenters. The average Bonchev–Trinajstić information content (AvgIpc) is 2.48. The van der Waals surface area contributed by atoms with Crippen LogP contribution in [0, 0.1) is 0 Å². The zero-order chi connectivity index (χ0) is 15.1. The summed E-state index contributed by atoms with van der Waals surface area (Å²) in [5.41, 5.74) is 1.12. The van der Waals surface area contributed by atoms with Gasteiger partial charge in [-0.05, 0) is 47.5 Å². The van der Waals surface area contributed by atoms with Crippen molar-refractivity contribution >= 4 is 15.9 Å². The standard InChI is InChI=1S/C15H22BrNO4/c1-3-18-14(19-4-2)10-17-9-11-7-12(16)15-13(8-11)20-5-6-21-15/h7-8,14,17H,3-6,9-10H2,1-2H3. The molecule has 21 heavy (non-hydrogen) atoms. The van der Waals surface area contributed by atoms with Crippen molar-refractivity contribution in [3.8, 4) is 11.5 Å². The smallest absolute Gasteiger partial charge is 0.175 e. The van der Waals surface area contributed by atoms with Crippen LogP contribution in [0.4, 0.5) is 0 Å². The van der Waals surface area contributed by atoms with Crippen LogP contribution in [0.1, 0.15) is 19.4 Å². The van der Waals surface area contributed by atoms with E-state index in [4.69, 9.17) is 18.9 Å². The quantitative estimate of drug-likeness (QED) is 0.723. The van der Waals surface area contributed by atoms with Gasteiger partial charge in [0.2, 0.25) is 0 Å². The molecule has 0 aromatic heterocycles. The number of nitrogens with one attached hydrogen (secondary N) is 1. The molecule has 1 aromatic rings. The fourth-order valence-electron chi connectivity index (χ4n) is 2.14. The van der Waals surface area contributed by atoms with Crippen molar-refractivity contribution in [2.24, 2.45) is 0 Å². The predicted molar refractivity (Wildman–Crippen MR) is 83.9 cm³/mol. The number of fused-ring (bicyclic) bond motifs is 1. The van der Waals surface area contributed by atoms with Crippen LogP contribution in [0.5, 0.6) is 11.5 Å². The van der Waals surface area contributed by atoms with E-state index in [0.29, 0.717) is 39.5 Å². The molecule has 0 saturated heterocycles. The SMILES string of the molecule is CCOC(CNCc1cc(Br)c2c(c1)OCCO2)OCC. The van der Waals surface area contributed by atoms with Gasteiger partial charge < -0.3 is 24.3 Å². The van der Waals surface area contributed by atoms with Crippen molar-refractivity contribution in [3.05, 3.63) is 22.2 Å². The van der Waals surface area contributed by atoms with Crippen molar-refractivity contribution < 1.29 is 18.9 Å². The van der Waals surface area contributed by atoms with Crippen molar-refractivity contribution in [3.63, 3.8) is 0 Å². The predicted octanol–water partition coefficient (Wildman–Crippen LogP) is 2.71. The van der Waals surface area contributed by atoms with Gasteiger partial charge in [-0.3, -0.25) is 0 Å². The second-order valence-electron chi connectivity index (χ2n) is 4.57. The lowest BCUT2D eigenvalue weighted by atomic mass is 10.2. The van der Waals surface area contributed by atoms with Crippen LogP contribution < -0.4 is 14.8 Å². The van der Waals surface area contributed by atoms with E-state index < -0.39 is 0 Å². The van der Waals surface area contributed by atoms with Crippen molar-refractivity contribution in [2.45, 2.75) is 26.7 Å². The Morgan fingerprint density at radius 2 is 1.90 bits per heavy atom. The number of hydrogen-bond donors (Lipinski definition) is 1. The molecule has 0 bridgehead atoms. The molecule has 0 atom stereocenters. The summed E-state index contributed by atoms with van der Waals surface area (Å²) in [6.45, 7) is 7.75. The lowest BCUT2D eigenvalue weighted by molar-refractivity contribution is -0.133. The zero-order valence-corrected chi connectivity index (χ0v) is 14.1. The van der Waals surface area contributed by atoms with Crippen LogP contribution in [0.3, 0.4) is 0 Å². The molecule has 2 rings (SSSR count). The van der Waals surface area contributed by atoms with Gasteiger partial charge in [-0.2, -0.15) is 0 Å². The fourth-order valence-corrected chi connectivity index (χ4v) is 2.74. The van der Waals surface area contributed by atoms with Crippen LogP contribution in [0.2, 0.25) is 0 Å². The summed E-state index contributed by atoms with van der Waals surface area (Å²) in [7, 11) is 0. The summed E-state index contributed by atoms with van der Waals surface area (Å²) in [6.07, 6.45) is -0.208. The van der Waals surface area contributed by atoms with Crippen LogP contribution >= 0.6 is 15.9 Å². The first-order chi connectivity index (χ1) is 10.2. The summed E-state index contributed by atoms with van der Waals surface area (Å²) in [4.78, 5) is 0. The molecule has 0 radical (unpaired) electrons. The maximum atomic E-state index is 5.62. The van der Waals surface area contributed by atoms with Crippen molar-refractivity contribution in [1.82, 2.24) is 5.32 Å². The van der Waals surface area contributed by atoms with Gasteiger partial charge in [-0.15, -0.1) is 0 Å². The molecule has 0 spiro atoms. The maximum Gasteiger partial charge on any atom is 0.175 e. The second kappa shape index (κ2) is 8.58. The molecule has 1 heterocycles. The Morgan fingerprint density at radius 1 is 1.19 bits per heavy atom. The van der Waals surface area contributed by atoms with Gasteiger partial charge in [0.25, 0.3) is 0 Å². The van der Waals surface area contributed by atoms with E-state index in [9.17, 15) is 0 Å². The Hall–Kier alpha value is -0.820. The second-order valence-corrected chi connectivity index (χ2v) is 5.43. The Labute approximate surface area is 134 Å². The molecule has 0 aliphatic carbocycles. The molecular formula is C15H22BrNO4. The van der Waals surface area contributed by atoms with E-state index in [0.717, 1.165) is 21.5 Å². The fraction of sp³-hybridized carbons (Fsp3) is 0.600. The highest BCUT2D eigenvalue weighted by Crippen LogP contribution is 2.38. The van der Waals surface area contributed by atoms with Crippen LogP contribution in [-0.2, 0) is 16.0 Å². The minimum atomic E-state index is -0.208. The molecule has 0 amide bonds. The highest BCUT2D eigenvalue weighted by molar-refractivity contribution is 9.10. The monoisotopic (exact) mass is 359 g/mol. The van der Waals surface area contributed by atoms with E-state index in [2.05, 4.69) is 21.2 Å². The number of halogens is 1. The topological polar surface area (TPSA) is 49.0 Å². The van der Waals surface area contributed by atoms with Crippen molar-refractivity contribution in [1.29, 1.82) is 0 Å². The van der Waals surface area contributed by atoms with E-state index in [1.807, 2.05) is 26.0 Å². The van der Waals surface area contributed by atoms with Crippen LogP contribution in [-0.4, -0.2) is 39.3 Å². The van der Waals surface area contributed by atoms with E-state index in [-0.39, 0.29) is 6.29 Å². The molecule has 1 N–H and O–H groups in total. The van der Waals surface area contributed by atoms with Crippen LogP contribution in [0.25, 0.3) is 0 Å². The highest BCUT2D eigenvalue weighted by Gasteiger charge is 2.16. The summed E-state index contributed by atoms with van der Waals surface area (Å²) in [6, 6.07) is 4.04. The third-order valence-corrected chi connectivity index (χ3v) is 3.59. The molecular weight excluding hydrogens is 338 g/mol. The van der Waals surface area contributed by atoms with Gasteiger partial charge in [-0.1, -0.05) is 0 Å². The summed E-state index contributed by atoms with van der Waals surface area (Å²) in [5.74, 6) is 1.57. The number of ether oxygens (including phenoxy) is 4. The summed E-state index contributed by atoms with van der Waals surface area (Å²) >= 11 is 3.52. The third kappa shape index (κ3) is 4.85. The maximum absolute atomic E-state index is 5.62. The molecule has 6 heteroatoms. The van der Waals surface area contributed by atoms with Crippen LogP contribution in [0.15, 0.2) is 16.6 Å². The van der Waals surface area contributed by atoms with Gasteiger partial charge in [0, 0.05) is 26.3 Å². The average molecular weight is 360 g/mol. The van der Waals surface area contributed by atoms with Gasteiger partial charge in [0.1, 0.15) is 13.2 Å². The van der Waals surface area contributed by atoms with Gasteiger partial charge >= 0.3 is 0 Å². The number of benzene rings is 1. The third-order valence-electron chi connectivity index (χ3n) is 3.00.